The average molecular weight is 141 g/mol. The standard InChI is InChI=1S/C5H11N5/c1-9(4(6)7)5(8)10-2-3-10/h8H,2-3H2,1H3,(H3,6,7). The van der Waals surface area contributed by atoms with Crippen molar-refractivity contribution < 1.29 is 0 Å². The number of nitrogens with zero attached hydrogens (tertiary/aromatic N) is 2. The van der Waals surface area contributed by atoms with Gasteiger partial charge in [-0.25, -0.2) is 0 Å². The van der Waals surface area contributed by atoms with Crippen molar-refractivity contribution in [3.63, 3.8) is 0 Å². The molecule has 0 atom stereocenters. The molecule has 0 aliphatic carbocycles. The van der Waals surface area contributed by atoms with E-state index in [9.17, 15) is 0 Å². The van der Waals surface area contributed by atoms with Crippen LogP contribution < -0.4 is 5.73 Å². The molecule has 0 radical (unpaired) electrons. The van der Waals surface area contributed by atoms with Crippen LogP contribution >= 0.6 is 0 Å². The first-order valence-electron chi connectivity index (χ1n) is 3.04. The van der Waals surface area contributed by atoms with E-state index >= 15 is 0 Å². The van der Waals surface area contributed by atoms with Crippen molar-refractivity contribution in [1.29, 1.82) is 10.8 Å². The molecule has 0 aromatic heterocycles. The highest BCUT2D eigenvalue weighted by Gasteiger charge is 2.24. The van der Waals surface area contributed by atoms with Gasteiger partial charge in [0.15, 0.2) is 11.9 Å². The summed E-state index contributed by atoms with van der Waals surface area (Å²) < 4.78 is 0. The Morgan fingerprint density at radius 1 is 1.50 bits per heavy atom. The molecule has 1 aliphatic rings. The molecule has 4 N–H and O–H groups in total. The summed E-state index contributed by atoms with van der Waals surface area (Å²) in [5, 5.41) is 14.4. The largest absolute Gasteiger partial charge is 0.370 e. The van der Waals surface area contributed by atoms with E-state index in [0.29, 0.717) is 5.96 Å². The number of guanidine groups is 2. The summed E-state index contributed by atoms with van der Waals surface area (Å²) in [7, 11) is 1.61. The molecule has 0 bridgehead atoms. The molecule has 56 valence electrons. The molecule has 0 spiro atoms. The van der Waals surface area contributed by atoms with Gasteiger partial charge in [-0.2, -0.15) is 0 Å². The van der Waals surface area contributed by atoms with Gasteiger partial charge >= 0.3 is 0 Å². The van der Waals surface area contributed by atoms with Gasteiger partial charge in [-0.1, -0.05) is 0 Å². The Balaban J connectivity index is 2.46. The third kappa shape index (κ3) is 1.18. The Bertz CT molecular complexity index is 171. The predicted molar refractivity (Wildman–Crippen MR) is 39.0 cm³/mol. The fourth-order valence-electron chi connectivity index (χ4n) is 0.588. The highest BCUT2D eigenvalue weighted by Crippen LogP contribution is 2.05. The lowest BCUT2D eigenvalue weighted by Crippen LogP contribution is -2.40. The van der Waals surface area contributed by atoms with E-state index in [-0.39, 0.29) is 5.96 Å². The van der Waals surface area contributed by atoms with Crippen LogP contribution in [0.25, 0.3) is 0 Å². The van der Waals surface area contributed by atoms with Gasteiger partial charge in [0.2, 0.25) is 0 Å². The van der Waals surface area contributed by atoms with E-state index in [2.05, 4.69) is 0 Å². The quantitative estimate of drug-likeness (QED) is 0.231. The van der Waals surface area contributed by atoms with Crippen molar-refractivity contribution in [2.45, 2.75) is 0 Å². The Labute approximate surface area is 59.4 Å². The SMILES string of the molecule is CN(C(=N)N)C(=N)N1CC1. The van der Waals surface area contributed by atoms with Crippen LogP contribution in [0.5, 0.6) is 0 Å². The highest BCUT2D eigenvalue weighted by molar-refractivity contribution is 5.95. The summed E-state index contributed by atoms with van der Waals surface area (Å²) in [5.74, 6) is 0.226. The first-order valence-corrected chi connectivity index (χ1v) is 3.04. The van der Waals surface area contributed by atoms with Crippen LogP contribution in [0.2, 0.25) is 0 Å². The lowest BCUT2D eigenvalue weighted by atomic mass is 10.7. The van der Waals surface area contributed by atoms with Gasteiger partial charge in [-0.05, 0) is 0 Å². The number of nitrogens with one attached hydrogen (secondary N) is 2. The highest BCUT2D eigenvalue weighted by atomic mass is 15.4. The van der Waals surface area contributed by atoms with Crippen LogP contribution in [-0.4, -0.2) is 41.9 Å². The molecule has 1 aliphatic heterocycles. The second-order valence-electron chi connectivity index (χ2n) is 2.25. The molecule has 1 heterocycles. The average Bonchev–Trinajstić information content (AvgIpc) is 2.65. The third-order valence-corrected chi connectivity index (χ3v) is 1.43. The number of hydrogen-bond donors (Lipinski definition) is 3. The molecule has 0 saturated carbocycles. The van der Waals surface area contributed by atoms with Gasteiger partial charge in [0.25, 0.3) is 0 Å². The van der Waals surface area contributed by atoms with Crippen LogP contribution in [0.4, 0.5) is 0 Å². The predicted octanol–water partition coefficient (Wildman–Crippen LogP) is -0.938. The van der Waals surface area contributed by atoms with Crippen LogP contribution in [0.3, 0.4) is 0 Å². The van der Waals surface area contributed by atoms with E-state index in [1.165, 1.54) is 4.90 Å². The maximum absolute atomic E-state index is 7.37. The zero-order valence-electron chi connectivity index (χ0n) is 5.89. The minimum atomic E-state index is -0.0862. The fourth-order valence-corrected chi connectivity index (χ4v) is 0.588. The fraction of sp³-hybridized carbons (Fsp3) is 0.600. The maximum Gasteiger partial charge on any atom is 0.200 e. The smallest absolute Gasteiger partial charge is 0.200 e. The van der Waals surface area contributed by atoms with Gasteiger partial charge in [0.1, 0.15) is 0 Å². The summed E-state index contributed by atoms with van der Waals surface area (Å²) >= 11 is 0. The summed E-state index contributed by atoms with van der Waals surface area (Å²) in [6.45, 7) is 1.83. The minimum absolute atomic E-state index is 0.0862. The van der Waals surface area contributed by atoms with Crippen LogP contribution in [0.15, 0.2) is 0 Å². The molecule has 1 rings (SSSR count). The Hall–Kier alpha value is -1.26. The van der Waals surface area contributed by atoms with E-state index in [1.807, 2.05) is 4.90 Å². The molecule has 0 aromatic carbocycles. The molecular formula is C5H11N5. The van der Waals surface area contributed by atoms with Gasteiger partial charge in [0.05, 0.1) is 0 Å². The van der Waals surface area contributed by atoms with E-state index in [0.717, 1.165) is 13.1 Å². The Morgan fingerprint density at radius 2 is 2.00 bits per heavy atom. The number of hydrogen-bond acceptors (Lipinski definition) is 2. The van der Waals surface area contributed by atoms with Crippen molar-refractivity contribution in [3.05, 3.63) is 0 Å². The topological polar surface area (TPSA) is 80.0 Å². The van der Waals surface area contributed by atoms with Crippen molar-refractivity contribution in [1.82, 2.24) is 9.80 Å². The summed E-state index contributed by atoms with van der Waals surface area (Å²) in [4.78, 5) is 3.16. The molecule has 0 unspecified atom stereocenters. The number of rotatable bonds is 0. The van der Waals surface area contributed by atoms with Crippen LogP contribution in [0.1, 0.15) is 0 Å². The van der Waals surface area contributed by atoms with Crippen molar-refractivity contribution in [3.8, 4) is 0 Å². The molecule has 1 fully saturated rings. The van der Waals surface area contributed by atoms with Crippen LogP contribution in [-0.2, 0) is 0 Å². The maximum atomic E-state index is 7.37. The molecular weight excluding hydrogens is 130 g/mol. The first-order chi connectivity index (χ1) is 4.63. The summed E-state index contributed by atoms with van der Waals surface area (Å²) in [6, 6.07) is 0. The molecule has 10 heavy (non-hydrogen) atoms. The molecule has 0 aromatic rings. The van der Waals surface area contributed by atoms with Gasteiger partial charge < -0.3 is 10.6 Å². The lowest BCUT2D eigenvalue weighted by Gasteiger charge is -2.17. The second kappa shape index (κ2) is 2.17. The summed E-state index contributed by atoms with van der Waals surface area (Å²) in [6.07, 6.45) is 0. The lowest BCUT2D eigenvalue weighted by molar-refractivity contribution is 0.621. The second-order valence-corrected chi connectivity index (χ2v) is 2.25. The molecule has 0 amide bonds. The summed E-state index contributed by atoms with van der Waals surface area (Å²) in [5.41, 5.74) is 5.14. The van der Waals surface area contributed by atoms with Crippen molar-refractivity contribution >= 4 is 11.9 Å². The molecule has 1 saturated heterocycles. The molecule has 5 heteroatoms. The van der Waals surface area contributed by atoms with E-state index in [1.54, 1.807) is 7.05 Å². The van der Waals surface area contributed by atoms with Crippen LogP contribution in [0, 0.1) is 10.8 Å². The minimum Gasteiger partial charge on any atom is -0.370 e. The number of nitrogens with two attached hydrogens (primary N) is 1. The zero-order valence-corrected chi connectivity index (χ0v) is 5.89. The third-order valence-electron chi connectivity index (χ3n) is 1.43. The molecule has 5 nitrogen and oxygen atoms in total. The zero-order chi connectivity index (χ0) is 7.72. The normalized spacial score (nSPS) is 14.7. The Kier molecular flexibility index (Phi) is 1.48. The van der Waals surface area contributed by atoms with Gasteiger partial charge in [-0.15, -0.1) is 0 Å². The first kappa shape index (κ1) is 6.85. The monoisotopic (exact) mass is 141 g/mol. The Morgan fingerprint density at radius 3 is 2.30 bits per heavy atom. The van der Waals surface area contributed by atoms with E-state index in [4.69, 9.17) is 16.6 Å². The van der Waals surface area contributed by atoms with E-state index < -0.39 is 0 Å². The van der Waals surface area contributed by atoms with Crippen molar-refractivity contribution in [2.75, 3.05) is 20.1 Å². The van der Waals surface area contributed by atoms with Gasteiger partial charge in [-0.3, -0.25) is 15.7 Å². The van der Waals surface area contributed by atoms with Gasteiger partial charge in [0, 0.05) is 20.1 Å². The van der Waals surface area contributed by atoms with Crippen molar-refractivity contribution in [2.24, 2.45) is 5.73 Å².